The Kier molecular flexibility index (Phi) is 9.37. The summed E-state index contributed by atoms with van der Waals surface area (Å²) in [5.41, 5.74) is -9.53. The summed E-state index contributed by atoms with van der Waals surface area (Å²) in [6.45, 7) is 4.01. The fourth-order valence-electron chi connectivity index (χ4n) is 6.88. The second-order valence-corrected chi connectivity index (χ2v) is 13.8. The third-order valence-electron chi connectivity index (χ3n) is 10.2. The monoisotopic (exact) mass is 770 g/mol. The second-order valence-electron chi connectivity index (χ2n) is 13.8. The van der Waals surface area contributed by atoms with E-state index in [9.17, 15) is 34.5 Å². The number of fused-ring (bicyclic) bond motifs is 2. The van der Waals surface area contributed by atoms with Crippen LogP contribution in [-0.4, -0.2) is 82.6 Å². The number of aliphatic hydroxyl groups is 2. The maximum Gasteiger partial charge on any atom is 0.411 e. The van der Waals surface area contributed by atoms with Crippen LogP contribution in [-0.2, 0) is 10.8 Å². The van der Waals surface area contributed by atoms with Gasteiger partial charge in [-0.25, -0.2) is 4.90 Å². The first-order chi connectivity index (χ1) is 25.6. The number of nitrogens with zero attached hydrogens (tertiary/aromatic N) is 2. The van der Waals surface area contributed by atoms with Crippen LogP contribution in [0, 0.1) is 6.92 Å². The van der Waals surface area contributed by atoms with E-state index in [2.05, 4.69) is 0 Å². The standard InChI is InChI=1S/C39H32F6N2O8/c1-19-5-6-20(15-30(19)50)36(2,3)21-9-12-29(31(16-21)55-18-24(49)17-48)47-34(53)26-11-8-23(14-28(26)35(47)54)37(38(40,41)42,39(43,44)45)22-7-10-25-27(13-22)33(52)46(4)32(25)51/h5-16,24,48-50H,17-18H2,1-4H3. The number of phenols is 1. The van der Waals surface area contributed by atoms with Crippen molar-refractivity contribution >= 4 is 29.3 Å². The second kappa shape index (κ2) is 13.2. The van der Waals surface area contributed by atoms with Crippen molar-refractivity contribution in [3.63, 3.8) is 0 Å². The summed E-state index contributed by atoms with van der Waals surface area (Å²) in [7, 11) is 1.02. The molecule has 4 amide bonds. The van der Waals surface area contributed by atoms with Crippen molar-refractivity contribution in [1.82, 2.24) is 4.90 Å². The van der Waals surface area contributed by atoms with Crippen molar-refractivity contribution < 1.29 is 65.6 Å². The number of aliphatic hydroxyl groups excluding tert-OH is 2. The average molecular weight is 771 g/mol. The predicted octanol–water partition coefficient (Wildman–Crippen LogP) is 6.20. The Hall–Kier alpha value is -5.74. The molecular formula is C39H32F6N2O8. The summed E-state index contributed by atoms with van der Waals surface area (Å²) in [5.74, 6) is -4.61. The number of benzene rings is 4. The van der Waals surface area contributed by atoms with Gasteiger partial charge in [0.1, 0.15) is 24.2 Å². The summed E-state index contributed by atoms with van der Waals surface area (Å²) in [6, 6.07) is 12.1. The number of phenolic OH excluding ortho intramolecular Hbond substituents is 1. The molecule has 10 nitrogen and oxygen atoms in total. The van der Waals surface area contributed by atoms with Crippen LogP contribution < -0.4 is 9.64 Å². The molecule has 2 aliphatic rings. The molecule has 16 heteroatoms. The highest BCUT2D eigenvalue weighted by molar-refractivity contribution is 6.35. The van der Waals surface area contributed by atoms with Crippen LogP contribution in [0.1, 0.15) is 83.1 Å². The molecule has 55 heavy (non-hydrogen) atoms. The number of aryl methyl sites for hydroxylation is 1. The minimum Gasteiger partial charge on any atom is -0.508 e. The van der Waals surface area contributed by atoms with Gasteiger partial charge in [-0.2, -0.15) is 26.3 Å². The zero-order valence-electron chi connectivity index (χ0n) is 29.5. The highest BCUT2D eigenvalue weighted by Gasteiger charge is 2.73. The average Bonchev–Trinajstić information content (AvgIpc) is 3.49. The molecule has 3 N–H and O–H groups in total. The van der Waals surface area contributed by atoms with Gasteiger partial charge < -0.3 is 20.1 Å². The summed E-state index contributed by atoms with van der Waals surface area (Å²) in [5, 5.41) is 29.8. The first kappa shape index (κ1) is 39.0. The van der Waals surface area contributed by atoms with Crippen LogP contribution in [0.4, 0.5) is 32.0 Å². The largest absolute Gasteiger partial charge is 0.508 e. The van der Waals surface area contributed by atoms with E-state index in [-0.39, 0.29) is 17.2 Å². The van der Waals surface area contributed by atoms with Crippen molar-refractivity contribution in [2.45, 2.75) is 50.1 Å². The van der Waals surface area contributed by atoms with Gasteiger partial charge in [-0.05, 0) is 77.2 Å². The molecule has 0 aromatic heterocycles. The van der Waals surface area contributed by atoms with E-state index in [4.69, 9.17) is 4.74 Å². The maximum atomic E-state index is 15.1. The molecule has 0 spiro atoms. The fourth-order valence-corrected chi connectivity index (χ4v) is 6.88. The van der Waals surface area contributed by atoms with Crippen molar-refractivity contribution in [1.29, 1.82) is 0 Å². The lowest BCUT2D eigenvalue weighted by Gasteiger charge is -2.38. The quantitative estimate of drug-likeness (QED) is 0.135. The van der Waals surface area contributed by atoms with Gasteiger partial charge in [0.15, 0.2) is 0 Å². The Bertz CT molecular complexity index is 2270. The molecule has 0 radical (unpaired) electrons. The summed E-state index contributed by atoms with van der Waals surface area (Å²) >= 11 is 0. The van der Waals surface area contributed by atoms with Gasteiger partial charge in [0.25, 0.3) is 23.6 Å². The Balaban J connectivity index is 1.48. The van der Waals surface area contributed by atoms with Gasteiger partial charge >= 0.3 is 12.4 Å². The minimum atomic E-state index is -6.14. The summed E-state index contributed by atoms with van der Waals surface area (Å²) < 4.78 is 96.5. The number of anilines is 1. The molecule has 6 rings (SSSR count). The lowest BCUT2D eigenvalue weighted by molar-refractivity contribution is -0.288. The lowest BCUT2D eigenvalue weighted by atomic mass is 9.71. The molecular weight excluding hydrogens is 738 g/mol. The Morgan fingerprint density at radius 2 is 1.15 bits per heavy atom. The number of hydrogen-bond donors (Lipinski definition) is 3. The number of carbonyl (C=O) groups is 4. The number of alkyl halides is 6. The van der Waals surface area contributed by atoms with Crippen molar-refractivity contribution in [2.75, 3.05) is 25.2 Å². The topological polar surface area (TPSA) is 145 Å². The number of ether oxygens (including phenoxy) is 1. The first-order valence-electron chi connectivity index (χ1n) is 16.6. The molecule has 2 aliphatic heterocycles. The van der Waals surface area contributed by atoms with Gasteiger partial charge in [-0.1, -0.05) is 44.2 Å². The normalized spacial score (nSPS) is 15.5. The summed E-state index contributed by atoms with van der Waals surface area (Å²) in [6.07, 6.45) is -13.7. The van der Waals surface area contributed by atoms with Gasteiger partial charge in [0.05, 0.1) is 34.5 Å². The molecule has 2 heterocycles. The van der Waals surface area contributed by atoms with E-state index in [1.807, 2.05) is 0 Å². The van der Waals surface area contributed by atoms with E-state index >= 15 is 26.3 Å². The van der Waals surface area contributed by atoms with Crippen LogP contribution >= 0.6 is 0 Å². The zero-order valence-corrected chi connectivity index (χ0v) is 29.5. The minimum absolute atomic E-state index is 0.0163. The number of halogens is 6. The van der Waals surface area contributed by atoms with Gasteiger partial charge in [-0.3, -0.25) is 24.1 Å². The van der Waals surface area contributed by atoms with Crippen LogP contribution in [0.2, 0.25) is 0 Å². The van der Waals surface area contributed by atoms with Crippen LogP contribution in [0.5, 0.6) is 11.5 Å². The third-order valence-corrected chi connectivity index (χ3v) is 10.2. The Morgan fingerprint density at radius 1 is 0.673 bits per heavy atom. The Morgan fingerprint density at radius 3 is 1.69 bits per heavy atom. The van der Waals surface area contributed by atoms with Crippen molar-refractivity contribution in [3.8, 4) is 11.5 Å². The van der Waals surface area contributed by atoms with E-state index < -0.39 is 99.5 Å². The van der Waals surface area contributed by atoms with Gasteiger partial charge in [-0.15, -0.1) is 0 Å². The highest BCUT2D eigenvalue weighted by Crippen LogP contribution is 2.57. The van der Waals surface area contributed by atoms with E-state index in [0.29, 0.717) is 62.9 Å². The third kappa shape index (κ3) is 5.99. The van der Waals surface area contributed by atoms with E-state index in [1.54, 1.807) is 39.0 Å². The van der Waals surface area contributed by atoms with E-state index in [1.165, 1.54) is 18.2 Å². The van der Waals surface area contributed by atoms with E-state index in [0.717, 1.165) is 7.05 Å². The van der Waals surface area contributed by atoms with Crippen LogP contribution in [0.15, 0.2) is 72.8 Å². The molecule has 288 valence electrons. The number of aromatic hydroxyl groups is 1. The smallest absolute Gasteiger partial charge is 0.411 e. The SMILES string of the molecule is Cc1ccc(C(C)(C)c2ccc(N3C(=O)c4ccc(C(c5ccc6c(c5)C(=O)N(C)C6=O)(C(F)(F)F)C(F)(F)F)cc4C3=O)c(OCC(O)CO)c2)cc1O. The zero-order chi connectivity index (χ0) is 40.6. The number of imide groups is 2. The molecule has 1 atom stereocenters. The number of carbonyl (C=O) groups excluding carboxylic acids is 4. The fraction of sp³-hybridized carbons (Fsp3) is 0.282. The molecule has 0 saturated carbocycles. The Labute approximate surface area is 309 Å². The van der Waals surface area contributed by atoms with Crippen molar-refractivity contribution in [2.24, 2.45) is 0 Å². The molecule has 4 aromatic rings. The first-order valence-corrected chi connectivity index (χ1v) is 16.6. The summed E-state index contributed by atoms with van der Waals surface area (Å²) in [4.78, 5) is 53.9. The van der Waals surface area contributed by atoms with Crippen molar-refractivity contribution in [3.05, 3.63) is 123 Å². The molecule has 1 unspecified atom stereocenters. The molecule has 0 fully saturated rings. The molecule has 0 aliphatic carbocycles. The molecule has 4 aromatic carbocycles. The predicted molar refractivity (Wildman–Crippen MR) is 183 cm³/mol. The lowest BCUT2D eigenvalue weighted by Crippen LogP contribution is -2.55. The molecule has 0 saturated heterocycles. The highest BCUT2D eigenvalue weighted by atomic mass is 19.4. The maximum absolute atomic E-state index is 15.1. The van der Waals surface area contributed by atoms with Gasteiger partial charge in [0.2, 0.25) is 5.41 Å². The number of hydrogen-bond acceptors (Lipinski definition) is 8. The number of rotatable bonds is 9. The number of amides is 4. The molecule has 0 bridgehead atoms. The van der Waals surface area contributed by atoms with Crippen LogP contribution in [0.3, 0.4) is 0 Å². The van der Waals surface area contributed by atoms with Gasteiger partial charge in [0, 0.05) is 12.5 Å². The van der Waals surface area contributed by atoms with Crippen LogP contribution in [0.25, 0.3) is 0 Å².